The molecule has 0 bridgehead atoms. The molecule has 8 nitrogen and oxygen atoms in total. The Bertz CT molecular complexity index is 708. The minimum Gasteiger partial charge on any atom is -0.481 e. The number of nitrogens with one attached hydrogen (secondary N) is 1. The van der Waals surface area contributed by atoms with Gasteiger partial charge >= 0.3 is 0 Å². The monoisotopic (exact) mass is 330 g/mol. The number of carbonyl (C=O) groups excluding carboxylic acids is 1. The largest absolute Gasteiger partial charge is 0.481 e. The molecule has 1 amide bonds. The fraction of sp³-hybridized carbons (Fsp3) is 0.214. The van der Waals surface area contributed by atoms with E-state index in [-0.39, 0.29) is 18.4 Å². The van der Waals surface area contributed by atoms with Gasteiger partial charge in [0, 0.05) is 6.07 Å². The molecule has 3 heterocycles. The van der Waals surface area contributed by atoms with Gasteiger partial charge in [0.25, 0.3) is 0 Å². The lowest BCUT2D eigenvalue weighted by Crippen LogP contribution is -2.20. The van der Waals surface area contributed by atoms with Crippen LogP contribution < -0.4 is 10.1 Å². The summed E-state index contributed by atoms with van der Waals surface area (Å²) in [6.45, 7) is 0. The lowest BCUT2D eigenvalue weighted by molar-refractivity contribution is -0.116. The second-order valence-corrected chi connectivity index (χ2v) is 5.48. The Hall–Kier alpha value is -2.81. The van der Waals surface area contributed by atoms with Gasteiger partial charge in [0.1, 0.15) is 6.33 Å². The summed E-state index contributed by atoms with van der Waals surface area (Å²) in [4.78, 5) is 16.4. The SMILES string of the molecule is COc1ccc(NC(=O)C[C@@H](c2ccsc2)n2cnnn2)cn1. The molecule has 0 unspecified atom stereocenters. The van der Waals surface area contributed by atoms with Gasteiger partial charge in [-0.1, -0.05) is 0 Å². The van der Waals surface area contributed by atoms with Crippen molar-refractivity contribution in [3.05, 3.63) is 47.0 Å². The molecule has 0 spiro atoms. The van der Waals surface area contributed by atoms with Crippen LogP contribution in [-0.4, -0.2) is 38.2 Å². The number of ether oxygens (including phenoxy) is 1. The molecule has 0 fully saturated rings. The number of hydrogen-bond donors (Lipinski definition) is 1. The van der Waals surface area contributed by atoms with E-state index < -0.39 is 0 Å². The fourth-order valence-electron chi connectivity index (χ4n) is 2.10. The molecule has 118 valence electrons. The molecule has 0 aliphatic rings. The Morgan fingerprint density at radius 3 is 2.96 bits per heavy atom. The van der Waals surface area contributed by atoms with Crippen LogP contribution in [-0.2, 0) is 4.79 Å². The summed E-state index contributed by atoms with van der Waals surface area (Å²) >= 11 is 1.56. The van der Waals surface area contributed by atoms with Crippen molar-refractivity contribution >= 4 is 22.9 Å². The van der Waals surface area contributed by atoms with Crippen LogP contribution in [0.1, 0.15) is 18.0 Å². The van der Waals surface area contributed by atoms with E-state index >= 15 is 0 Å². The first kappa shape index (κ1) is 15.1. The standard InChI is InChI=1S/C14H14N6O2S/c1-22-14-3-2-11(7-15-14)17-13(21)6-12(10-4-5-23-8-10)20-9-16-18-19-20/h2-5,7-9,12H,6H2,1H3,(H,17,21)/t12-/m0/s1. The molecule has 3 aromatic rings. The maximum absolute atomic E-state index is 12.3. The van der Waals surface area contributed by atoms with E-state index in [2.05, 4.69) is 25.8 Å². The van der Waals surface area contributed by atoms with Crippen molar-refractivity contribution < 1.29 is 9.53 Å². The third-order valence-corrected chi connectivity index (χ3v) is 3.92. The smallest absolute Gasteiger partial charge is 0.226 e. The van der Waals surface area contributed by atoms with E-state index in [1.807, 2.05) is 16.8 Å². The summed E-state index contributed by atoms with van der Waals surface area (Å²) in [5.74, 6) is 0.344. The van der Waals surface area contributed by atoms with Gasteiger partial charge in [0.2, 0.25) is 11.8 Å². The quantitative estimate of drug-likeness (QED) is 0.740. The first-order chi connectivity index (χ1) is 11.3. The van der Waals surface area contributed by atoms with Gasteiger partial charge in [-0.25, -0.2) is 9.67 Å². The molecule has 0 aliphatic carbocycles. The summed E-state index contributed by atoms with van der Waals surface area (Å²) in [6.07, 6.45) is 3.27. The Kier molecular flexibility index (Phi) is 4.57. The first-order valence-corrected chi connectivity index (χ1v) is 7.75. The Morgan fingerprint density at radius 1 is 1.43 bits per heavy atom. The van der Waals surface area contributed by atoms with Crippen molar-refractivity contribution in [1.29, 1.82) is 0 Å². The van der Waals surface area contributed by atoms with Crippen molar-refractivity contribution in [2.75, 3.05) is 12.4 Å². The van der Waals surface area contributed by atoms with Crippen molar-refractivity contribution in [2.24, 2.45) is 0 Å². The molecule has 3 rings (SSSR count). The van der Waals surface area contributed by atoms with E-state index in [1.165, 1.54) is 13.4 Å². The highest BCUT2D eigenvalue weighted by molar-refractivity contribution is 7.08. The number of amides is 1. The average Bonchev–Trinajstić information content (AvgIpc) is 3.27. The molecule has 23 heavy (non-hydrogen) atoms. The number of tetrazole rings is 1. The van der Waals surface area contributed by atoms with Crippen molar-refractivity contribution in [3.8, 4) is 5.88 Å². The minimum absolute atomic E-state index is 0.149. The van der Waals surface area contributed by atoms with Crippen molar-refractivity contribution in [1.82, 2.24) is 25.2 Å². The average molecular weight is 330 g/mol. The lowest BCUT2D eigenvalue weighted by atomic mass is 10.1. The zero-order valence-corrected chi connectivity index (χ0v) is 13.1. The lowest BCUT2D eigenvalue weighted by Gasteiger charge is -2.15. The van der Waals surface area contributed by atoms with Gasteiger partial charge in [0.05, 0.1) is 31.5 Å². The van der Waals surface area contributed by atoms with E-state index in [9.17, 15) is 4.79 Å². The van der Waals surface area contributed by atoms with E-state index in [0.717, 1.165) is 5.56 Å². The van der Waals surface area contributed by atoms with Crippen LogP contribution in [0, 0.1) is 0 Å². The van der Waals surface area contributed by atoms with Crippen LogP contribution in [0.15, 0.2) is 41.5 Å². The first-order valence-electron chi connectivity index (χ1n) is 6.80. The molecule has 9 heteroatoms. The van der Waals surface area contributed by atoms with E-state index in [0.29, 0.717) is 11.6 Å². The highest BCUT2D eigenvalue weighted by Gasteiger charge is 2.19. The van der Waals surface area contributed by atoms with Crippen LogP contribution in [0.25, 0.3) is 0 Å². The van der Waals surface area contributed by atoms with Gasteiger partial charge in [-0.05, 0) is 38.9 Å². The number of methoxy groups -OCH3 is 1. The Morgan fingerprint density at radius 2 is 2.35 bits per heavy atom. The highest BCUT2D eigenvalue weighted by atomic mass is 32.1. The van der Waals surface area contributed by atoms with Crippen LogP contribution in [0.3, 0.4) is 0 Å². The number of nitrogens with zero attached hydrogens (tertiary/aromatic N) is 5. The summed E-state index contributed by atoms with van der Waals surface area (Å²) in [5, 5.41) is 17.9. The summed E-state index contributed by atoms with van der Waals surface area (Å²) in [5.41, 5.74) is 1.60. The summed E-state index contributed by atoms with van der Waals surface area (Å²) in [7, 11) is 1.54. The van der Waals surface area contributed by atoms with Crippen LogP contribution in [0.5, 0.6) is 5.88 Å². The van der Waals surface area contributed by atoms with E-state index in [4.69, 9.17) is 4.74 Å². The van der Waals surface area contributed by atoms with E-state index in [1.54, 1.807) is 34.3 Å². The predicted molar refractivity (Wildman–Crippen MR) is 84.3 cm³/mol. The molecular formula is C14H14N6O2S. The Labute approximate surface area is 136 Å². The number of carbonyl (C=O) groups is 1. The topological polar surface area (TPSA) is 94.8 Å². The van der Waals surface area contributed by atoms with Crippen LogP contribution in [0.2, 0.25) is 0 Å². The number of aromatic nitrogens is 5. The molecule has 0 saturated carbocycles. The molecule has 1 N–H and O–H groups in total. The molecule has 1 atom stereocenters. The second-order valence-electron chi connectivity index (χ2n) is 4.70. The molecule has 0 saturated heterocycles. The maximum Gasteiger partial charge on any atom is 0.226 e. The summed E-state index contributed by atoms with van der Waals surface area (Å²) in [6, 6.07) is 5.13. The molecule has 0 aromatic carbocycles. The zero-order chi connectivity index (χ0) is 16.1. The third kappa shape index (κ3) is 3.69. The van der Waals surface area contributed by atoms with Gasteiger partial charge in [-0.15, -0.1) is 5.10 Å². The van der Waals surface area contributed by atoms with Gasteiger partial charge in [-0.2, -0.15) is 11.3 Å². The second kappa shape index (κ2) is 6.97. The van der Waals surface area contributed by atoms with Crippen LogP contribution in [0.4, 0.5) is 5.69 Å². The number of hydrogen-bond acceptors (Lipinski definition) is 7. The molecule has 0 aliphatic heterocycles. The third-order valence-electron chi connectivity index (χ3n) is 3.22. The normalized spacial score (nSPS) is 11.9. The van der Waals surface area contributed by atoms with Gasteiger partial charge in [0.15, 0.2) is 0 Å². The number of pyridine rings is 1. The van der Waals surface area contributed by atoms with Crippen molar-refractivity contribution in [2.45, 2.75) is 12.5 Å². The van der Waals surface area contributed by atoms with Gasteiger partial charge < -0.3 is 10.1 Å². The fourth-order valence-corrected chi connectivity index (χ4v) is 2.81. The molecule has 3 aromatic heterocycles. The molecular weight excluding hydrogens is 316 g/mol. The zero-order valence-electron chi connectivity index (χ0n) is 12.3. The van der Waals surface area contributed by atoms with Crippen LogP contribution >= 0.6 is 11.3 Å². The summed E-state index contributed by atoms with van der Waals surface area (Å²) < 4.78 is 6.57. The minimum atomic E-state index is -0.248. The number of rotatable bonds is 6. The maximum atomic E-state index is 12.3. The van der Waals surface area contributed by atoms with Crippen molar-refractivity contribution in [3.63, 3.8) is 0 Å². The predicted octanol–water partition coefficient (Wildman–Crippen LogP) is 1.76. The van der Waals surface area contributed by atoms with Gasteiger partial charge in [-0.3, -0.25) is 4.79 Å². The Balaban J connectivity index is 1.71. The molecule has 0 radical (unpaired) electrons. The number of anilines is 1. The number of thiophene rings is 1. The highest BCUT2D eigenvalue weighted by Crippen LogP contribution is 2.23.